The third-order valence-electron chi connectivity index (χ3n) is 5.14. The molecule has 0 aliphatic rings. The summed E-state index contributed by atoms with van der Waals surface area (Å²) in [7, 11) is 1.64. The highest BCUT2D eigenvalue weighted by Crippen LogP contribution is 2.34. The first-order valence-electron chi connectivity index (χ1n) is 9.51. The predicted octanol–water partition coefficient (Wildman–Crippen LogP) is 5.77. The minimum atomic E-state index is -0.380. The smallest absolute Gasteiger partial charge is 0.222 e. The van der Waals surface area contributed by atoms with Gasteiger partial charge in [-0.1, -0.05) is 20.8 Å². The number of ether oxygens (including phenoxy) is 1. The van der Waals surface area contributed by atoms with Gasteiger partial charge in [-0.25, -0.2) is 14.4 Å². The maximum absolute atomic E-state index is 13.5. The Labute approximate surface area is 160 Å². The molecule has 1 atom stereocenters. The van der Waals surface area contributed by atoms with Crippen molar-refractivity contribution in [1.82, 2.24) is 14.5 Å². The van der Waals surface area contributed by atoms with Crippen LogP contribution in [0, 0.1) is 13.8 Å². The van der Waals surface area contributed by atoms with Crippen molar-refractivity contribution in [2.24, 2.45) is 0 Å². The minimum absolute atomic E-state index is 0.158. The molecule has 0 amide bonds. The number of methoxy groups -OCH3 is 1. The Morgan fingerprint density at radius 1 is 1.15 bits per heavy atom. The first-order valence-corrected chi connectivity index (χ1v) is 9.51. The topological polar surface area (TPSA) is 39.9 Å². The molecule has 0 aliphatic heterocycles. The number of aryl methyl sites for hydroxylation is 2. The predicted molar refractivity (Wildman–Crippen MR) is 108 cm³/mol. The zero-order chi connectivity index (χ0) is 19.7. The van der Waals surface area contributed by atoms with Crippen LogP contribution in [0.4, 0.5) is 4.39 Å². The van der Waals surface area contributed by atoms with Gasteiger partial charge in [-0.3, -0.25) is 0 Å². The normalized spacial score (nSPS) is 12.7. The molecule has 3 aromatic heterocycles. The number of aromatic nitrogens is 3. The van der Waals surface area contributed by atoms with Gasteiger partial charge in [0, 0.05) is 11.9 Å². The van der Waals surface area contributed by atoms with E-state index in [0.717, 1.165) is 45.5 Å². The highest BCUT2D eigenvalue weighted by atomic mass is 19.1. The summed E-state index contributed by atoms with van der Waals surface area (Å²) in [5, 5.41) is 0. The van der Waals surface area contributed by atoms with Crippen LogP contribution in [-0.2, 0) is 0 Å². The lowest BCUT2D eigenvalue weighted by molar-refractivity contribution is 0.355. The molecule has 0 bridgehead atoms. The second-order valence-electron chi connectivity index (χ2n) is 7.41. The summed E-state index contributed by atoms with van der Waals surface area (Å²) in [6.45, 7) is 9.89. The van der Waals surface area contributed by atoms with Crippen LogP contribution in [0.15, 0.2) is 24.4 Å². The fourth-order valence-electron chi connectivity index (χ4n) is 3.49. The minimum Gasteiger partial charge on any atom is -0.480 e. The fourth-order valence-corrected chi connectivity index (χ4v) is 3.49. The van der Waals surface area contributed by atoms with Crippen molar-refractivity contribution in [3.05, 3.63) is 41.2 Å². The van der Waals surface area contributed by atoms with Gasteiger partial charge < -0.3 is 9.30 Å². The molecule has 0 aromatic carbocycles. The largest absolute Gasteiger partial charge is 0.480 e. The van der Waals surface area contributed by atoms with Gasteiger partial charge in [-0.15, -0.1) is 0 Å². The maximum atomic E-state index is 13.5. The zero-order valence-electron chi connectivity index (χ0n) is 17.0. The second-order valence-corrected chi connectivity index (χ2v) is 7.41. The van der Waals surface area contributed by atoms with Crippen molar-refractivity contribution in [3.63, 3.8) is 0 Å². The summed E-state index contributed by atoms with van der Waals surface area (Å²) in [4.78, 5) is 9.59. The molecule has 0 aliphatic carbocycles. The van der Waals surface area contributed by atoms with Gasteiger partial charge >= 0.3 is 0 Å². The second kappa shape index (κ2) is 7.67. The first kappa shape index (κ1) is 19.3. The Morgan fingerprint density at radius 2 is 1.89 bits per heavy atom. The van der Waals surface area contributed by atoms with Gasteiger partial charge in [0.15, 0.2) is 0 Å². The molecule has 3 rings (SSSR count). The summed E-state index contributed by atoms with van der Waals surface area (Å²) in [6, 6.07) is 6.00. The van der Waals surface area contributed by atoms with Crippen LogP contribution in [0.1, 0.15) is 56.0 Å². The van der Waals surface area contributed by atoms with Gasteiger partial charge in [0.25, 0.3) is 0 Å². The number of halogens is 1. The van der Waals surface area contributed by atoms with E-state index in [1.807, 2.05) is 43.7 Å². The third-order valence-corrected chi connectivity index (χ3v) is 5.14. The van der Waals surface area contributed by atoms with Crippen LogP contribution in [0.2, 0.25) is 0 Å². The van der Waals surface area contributed by atoms with Crippen LogP contribution in [0.5, 0.6) is 5.88 Å². The summed E-state index contributed by atoms with van der Waals surface area (Å²) >= 11 is 0. The maximum Gasteiger partial charge on any atom is 0.222 e. The van der Waals surface area contributed by atoms with Crippen LogP contribution in [0.3, 0.4) is 0 Å². The van der Waals surface area contributed by atoms with Crippen LogP contribution >= 0.6 is 0 Å². The van der Waals surface area contributed by atoms with Crippen molar-refractivity contribution in [2.75, 3.05) is 13.8 Å². The van der Waals surface area contributed by atoms with Crippen molar-refractivity contribution < 1.29 is 9.13 Å². The molecule has 5 heteroatoms. The molecular weight excluding hydrogens is 341 g/mol. The van der Waals surface area contributed by atoms with Gasteiger partial charge in [-0.05, 0) is 55.5 Å². The zero-order valence-corrected chi connectivity index (χ0v) is 17.0. The molecule has 3 heterocycles. The van der Waals surface area contributed by atoms with E-state index < -0.39 is 0 Å². The molecular formula is C22H28FN3O. The Bertz CT molecular complexity index is 958. The standard InChI is InChI=1S/C22H28FN3O/c1-7-16(11-23)26-12-15(5)21-19(26)10-14(4)20(25-21)17-8-9-18(13(2)3)24-22(17)27-6/h8-10,12-13,16H,7,11H2,1-6H3/t16-/m0/s1. The number of hydrogen-bond donors (Lipinski definition) is 0. The molecule has 0 saturated heterocycles. The first-order chi connectivity index (χ1) is 12.9. The van der Waals surface area contributed by atoms with Crippen molar-refractivity contribution in [1.29, 1.82) is 0 Å². The van der Waals surface area contributed by atoms with Gasteiger partial charge in [0.05, 0.1) is 35.4 Å². The SMILES string of the molecule is CC[C@@H](CF)n1cc(C)c2nc(-c3ccc(C(C)C)nc3OC)c(C)cc21. The average molecular weight is 369 g/mol. The fraction of sp³-hybridized carbons (Fsp3) is 0.455. The van der Waals surface area contributed by atoms with E-state index in [4.69, 9.17) is 9.72 Å². The Kier molecular flexibility index (Phi) is 5.49. The third kappa shape index (κ3) is 3.43. The number of pyridine rings is 2. The van der Waals surface area contributed by atoms with Crippen molar-refractivity contribution in [2.45, 2.75) is 53.0 Å². The summed E-state index contributed by atoms with van der Waals surface area (Å²) in [6.07, 6.45) is 2.75. The van der Waals surface area contributed by atoms with E-state index in [-0.39, 0.29) is 12.7 Å². The number of alkyl halides is 1. The Hall–Kier alpha value is -2.43. The molecule has 0 unspecified atom stereocenters. The van der Waals surface area contributed by atoms with Gasteiger partial charge in [0.2, 0.25) is 5.88 Å². The molecule has 0 spiro atoms. The van der Waals surface area contributed by atoms with Crippen LogP contribution in [0.25, 0.3) is 22.3 Å². The molecule has 0 fully saturated rings. The molecule has 27 heavy (non-hydrogen) atoms. The molecule has 0 saturated carbocycles. The molecule has 4 nitrogen and oxygen atoms in total. The van der Waals surface area contributed by atoms with E-state index in [2.05, 4.69) is 24.9 Å². The van der Waals surface area contributed by atoms with E-state index >= 15 is 0 Å². The van der Waals surface area contributed by atoms with Crippen LogP contribution in [-0.4, -0.2) is 28.3 Å². The van der Waals surface area contributed by atoms with E-state index in [0.29, 0.717) is 11.8 Å². The van der Waals surface area contributed by atoms with Crippen LogP contribution < -0.4 is 4.74 Å². The average Bonchev–Trinajstić information content (AvgIpc) is 2.97. The number of nitrogens with zero attached hydrogens (tertiary/aromatic N) is 3. The molecule has 3 aromatic rings. The highest BCUT2D eigenvalue weighted by Gasteiger charge is 2.19. The summed E-state index contributed by atoms with van der Waals surface area (Å²) in [5.41, 5.74) is 6.67. The van der Waals surface area contributed by atoms with Crippen molar-refractivity contribution >= 4 is 11.0 Å². The lowest BCUT2D eigenvalue weighted by Gasteiger charge is -2.16. The lowest BCUT2D eigenvalue weighted by atomic mass is 10.0. The number of fused-ring (bicyclic) bond motifs is 1. The number of rotatable bonds is 6. The van der Waals surface area contributed by atoms with Gasteiger partial charge in [-0.2, -0.15) is 0 Å². The van der Waals surface area contributed by atoms with Crippen molar-refractivity contribution in [3.8, 4) is 17.1 Å². The molecule has 0 N–H and O–H groups in total. The monoisotopic (exact) mass is 369 g/mol. The molecule has 144 valence electrons. The Morgan fingerprint density at radius 3 is 2.48 bits per heavy atom. The van der Waals surface area contributed by atoms with E-state index in [1.54, 1.807) is 7.11 Å². The quantitative estimate of drug-likeness (QED) is 0.554. The molecule has 0 radical (unpaired) electrons. The highest BCUT2D eigenvalue weighted by molar-refractivity contribution is 5.85. The van der Waals surface area contributed by atoms with E-state index in [9.17, 15) is 4.39 Å². The Balaban J connectivity index is 2.20. The summed E-state index contributed by atoms with van der Waals surface area (Å²) < 4.78 is 21.0. The lowest BCUT2D eigenvalue weighted by Crippen LogP contribution is -2.09. The van der Waals surface area contributed by atoms with Gasteiger partial charge in [0.1, 0.15) is 6.67 Å². The number of hydrogen-bond acceptors (Lipinski definition) is 3. The van der Waals surface area contributed by atoms with E-state index in [1.165, 1.54) is 0 Å². The summed E-state index contributed by atoms with van der Waals surface area (Å²) in [5.74, 6) is 0.913.